The standard InChI is InChI=1S/C23H29N5O3S/c1-15-20-21(28(26-15)17-7-9-18(30-2)10-8-17)25-23(32-20)27-11-3-5-16(14-27)22(29)24-13-19-6-4-12-31-19/h7-10,16,19H,3-6,11-14H2,1-2H3,(H,24,29)/t16-,19-/m0/s1. The number of hydrogen-bond acceptors (Lipinski definition) is 7. The fraction of sp³-hybridized carbons (Fsp3) is 0.522. The van der Waals surface area contributed by atoms with Gasteiger partial charge >= 0.3 is 0 Å². The Labute approximate surface area is 191 Å². The van der Waals surface area contributed by atoms with E-state index < -0.39 is 0 Å². The second kappa shape index (κ2) is 9.07. The summed E-state index contributed by atoms with van der Waals surface area (Å²) in [6.45, 7) is 5.06. The number of carbonyl (C=O) groups is 1. The van der Waals surface area contributed by atoms with Gasteiger partial charge in [0, 0.05) is 26.2 Å². The molecule has 3 aromatic rings. The normalized spacial score (nSPS) is 21.2. The predicted molar refractivity (Wildman–Crippen MR) is 125 cm³/mol. The lowest BCUT2D eigenvalue weighted by molar-refractivity contribution is -0.125. The molecule has 2 aliphatic heterocycles. The van der Waals surface area contributed by atoms with Gasteiger partial charge in [0.25, 0.3) is 0 Å². The number of fused-ring (bicyclic) bond motifs is 1. The fourth-order valence-electron chi connectivity index (χ4n) is 4.49. The summed E-state index contributed by atoms with van der Waals surface area (Å²) in [5.41, 5.74) is 2.77. The predicted octanol–water partition coefficient (Wildman–Crippen LogP) is 3.31. The molecule has 9 heteroatoms. The number of nitrogens with zero attached hydrogens (tertiary/aromatic N) is 4. The van der Waals surface area contributed by atoms with Crippen molar-refractivity contribution >= 4 is 32.7 Å². The lowest BCUT2D eigenvalue weighted by Gasteiger charge is -2.31. The summed E-state index contributed by atoms with van der Waals surface area (Å²) >= 11 is 1.66. The first-order chi connectivity index (χ1) is 15.6. The monoisotopic (exact) mass is 455 g/mol. The third-order valence-corrected chi connectivity index (χ3v) is 7.50. The van der Waals surface area contributed by atoms with Gasteiger partial charge in [-0.05, 0) is 56.9 Å². The molecule has 2 atom stereocenters. The zero-order valence-corrected chi connectivity index (χ0v) is 19.4. The molecule has 170 valence electrons. The van der Waals surface area contributed by atoms with Crippen LogP contribution < -0.4 is 15.0 Å². The molecule has 8 nitrogen and oxygen atoms in total. The Balaban J connectivity index is 1.32. The van der Waals surface area contributed by atoms with Gasteiger partial charge < -0.3 is 19.7 Å². The van der Waals surface area contributed by atoms with Crippen molar-refractivity contribution < 1.29 is 14.3 Å². The molecule has 4 heterocycles. The molecular weight excluding hydrogens is 426 g/mol. The zero-order chi connectivity index (χ0) is 22.1. The molecule has 2 aliphatic rings. The number of piperidine rings is 1. The summed E-state index contributed by atoms with van der Waals surface area (Å²) in [5.74, 6) is 0.924. The highest BCUT2D eigenvalue weighted by Gasteiger charge is 2.29. The Hall–Kier alpha value is -2.65. The molecule has 2 saturated heterocycles. The molecule has 0 unspecified atom stereocenters. The van der Waals surface area contributed by atoms with E-state index in [1.54, 1.807) is 18.4 Å². The van der Waals surface area contributed by atoms with Gasteiger partial charge in [0.05, 0.1) is 35.2 Å². The molecular formula is C23H29N5O3S. The number of nitrogens with one attached hydrogen (secondary N) is 1. The van der Waals surface area contributed by atoms with Crippen LogP contribution in [-0.2, 0) is 9.53 Å². The van der Waals surface area contributed by atoms with Crippen molar-refractivity contribution in [1.29, 1.82) is 0 Å². The Morgan fingerprint density at radius 2 is 2.12 bits per heavy atom. The highest BCUT2D eigenvalue weighted by Crippen LogP contribution is 2.34. The highest BCUT2D eigenvalue weighted by atomic mass is 32.1. The SMILES string of the molecule is COc1ccc(-n2nc(C)c3sc(N4CCC[C@H](C(=O)NC[C@@H]5CCCO5)C4)nc32)cc1. The van der Waals surface area contributed by atoms with Crippen LogP contribution in [0.2, 0.25) is 0 Å². The summed E-state index contributed by atoms with van der Waals surface area (Å²) in [6.07, 6.45) is 4.19. The van der Waals surface area contributed by atoms with Crippen LogP contribution in [0.1, 0.15) is 31.4 Å². The van der Waals surface area contributed by atoms with E-state index in [0.29, 0.717) is 13.1 Å². The molecule has 0 bridgehead atoms. The number of rotatable bonds is 6. The summed E-state index contributed by atoms with van der Waals surface area (Å²) in [5, 5.41) is 8.76. The zero-order valence-electron chi connectivity index (χ0n) is 18.5. The minimum absolute atomic E-state index is 0.0173. The Morgan fingerprint density at radius 3 is 2.88 bits per heavy atom. The van der Waals surface area contributed by atoms with Crippen molar-refractivity contribution in [3.8, 4) is 11.4 Å². The number of anilines is 1. The average Bonchev–Trinajstić information content (AvgIpc) is 3.56. The largest absolute Gasteiger partial charge is 0.497 e. The van der Waals surface area contributed by atoms with Gasteiger partial charge in [-0.3, -0.25) is 4.79 Å². The number of amides is 1. The van der Waals surface area contributed by atoms with Gasteiger partial charge in [-0.25, -0.2) is 4.68 Å². The van der Waals surface area contributed by atoms with E-state index in [0.717, 1.165) is 71.4 Å². The van der Waals surface area contributed by atoms with Crippen molar-refractivity contribution in [3.63, 3.8) is 0 Å². The van der Waals surface area contributed by atoms with E-state index in [-0.39, 0.29) is 17.9 Å². The quantitative estimate of drug-likeness (QED) is 0.614. The number of benzene rings is 1. The van der Waals surface area contributed by atoms with E-state index in [1.807, 2.05) is 35.9 Å². The van der Waals surface area contributed by atoms with Crippen molar-refractivity contribution in [2.75, 3.05) is 38.3 Å². The molecule has 1 N–H and O–H groups in total. The minimum Gasteiger partial charge on any atom is -0.497 e. The van der Waals surface area contributed by atoms with Gasteiger partial charge in [-0.1, -0.05) is 11.3 Å². The molecule has 1 aromatic carbocycles. The van der Waals surface area contributed by atoms with Crippen LogP contribution >= 0.6 is 11.3 Å². The van der Waals surface area contributed by atoms with E-state index in [9.17, 15) is 4.79 Å². The first kappa shape index (κ1) is 21.2. The van der Waals surface area contributed by atoms with Crippen molar-refractivity contribution in [1.82, 2.24) is 20.1 Å². The highest BCUT2D eigenvalue weighted by molar-refractivity contribution is 7.22. The first-order valence-electron chi connectivity index (χ1n) is 11.3. The van der Waals surface area contributed by atoms with Crippen LogP contribution in [0.3, 0.4) is 0 Å². The van der Waals surface area contributed by atoms with Crippen LogP contribution in [0.25, 0.3) is 16.0 Å². The Bertz CT molecular complexity index is 1090. The van der Waals surface area contributed by atoms with Gasteiger partial charge in [-0.2, -0.15) is 10.1 Å². The average molecular weight is 456 g/mol. The third kappa shape index (κ3) is 4.19. The number of aromatic nitrogens is 3. The summed E-state index contributed by atoms with van der Waals surface area (Å²) in [6, 6.07) is 7.82. The number of carbonyl (C=O) groups excluding carboxylic acids is 1. The summed E-state index contributed by atoms with van der Waals surface area (Å²) in [4.78, 5) is 20.0. The lowest BCUT2D eigenvalue weighted by Crippen LogP contribution is -2.44. The summed E-state index contributed by atoms with van der Waals surface area (Å²) in [7, 11) is 1.66. The maximum atomic E-state index is 12.8. The Morgan fingerprint density at radius 1 is 1.28 bits per heavy atom. The summed E-state index contributed by atoms with van der Waals surface area (Å²) < 4.78 is 13.9. The van der Waals surface area contributed by atoms with Gasteiger partial charge in [-0.15, -0.1) is 0 Å². The molecule has 5 rings (SSSR count). The maximum Gasteiger partial charge on any atom is 0.224 e. The van der Waals surface area contributed by atoms with E-state index >= 15 is 0 Å². The fourth-order valence-corrected chi connectivity index (χ4v) is 5.51. The maximum absolute atomic E-state index is 12.8. The first-order valence-corrected chi connectivity index (χ1v) is 12.1. The molecule has 0 radical (unpaired) electrons. The number of hydrogen-bond donors (Lipinski definition) is 1. The molecule has 1 amide bonds. The molecule has 2 fully saturated rings. The third-order valence-electron chi connectivity index (χ3n) is 6.28. The van der Waals surface area contributed by atoms with Crippen LogP contribution in [0.5, 0.6) is 5.75 Å². The molecule has 0 spiro atoms. The number of ether oxygens (including phenoxy) is 2. The van der Waals surface area contributed by atoms with Gasteiger partial charge in [0.2, 0.25) is 5.91 Å². The number of methoxy groups -OCH3 is 1. The van der Waals surface area contributed by atoms with Crippen molar-refractivity contribution in [2.24, 2.45) is 5.92 Å². The lowest BCUT2D eigenvalue weighted by atomic mass is 9.97. The Kier molecular flexibility index (Phi) is 6.01. The molecule has 0 saturated carbocycles. The topological polar surface area (TPSA) is 81.5 Å². The van der Waals surface area contributed by atoms with Crippen molar-refractivity contribution in [2.45, 2.75) is 38.7 Å². The molecule has 32 heavy (non-hydrogen) atoms. The second-order valence-corrected chi connectivity index (χ2v) is 9.49. The second-order valence-electron chi connectivity index (χ2n) is 8.51. The van der Waals surface area contributed by atoms with Crippen LogP contribution in [0.15, 0.2) is 24.3 Å². The van der Waals surface area contributed by atoms with Crippen molar-refractivity contribution in [3.05, 3.63) is 30.0 Å². The van der Waals surface area contributed by atoms with Crippen LogP contribution in [-0.4, -0.2) is 60.1 Å². The van der Waals surface area contributed by atoms with Gasteiger partial charge in [0.1, 0.15) is 5.75 Å². The molecule has 2 aromatic heterocycles. The van der Waals surface area contributed by atoms with Crippen LogP contribution in [0.4, 0.5) is 5.13 Å². The molecule has 0 aliphatic carbocycles. The van der Waals surface area contributed by atoms with E-state index in [4.69, 9.17) is 19.6 Å². The van der Waals surface area contributed by atoms with E-state index in [2.05, 4.69) is 10.2 Å². The number of aryl methyl sites for hydroxylation is 1. The van der Waals surface area contributed by atoms with Gasteiger partial charge in [0.15, 0.2) is 10.8 Å². The van der Waals surface area contributed by atoms with E-state index in [1.165, 1.54) is 0 Å². The van der Waals surface area contributed by atoms with Crippen LogP contribution in [0, 0.1) is 12.8 Å². The minimum atomic E-state index is -0.0173. The smallest absolute Gasteiger partial charge is 0.224 e. The number of thiazole rings is 1.